The van der Waals surface area contributed by atoms with Crippen LogP contribution >= 0.6 is 45.8 Å². The molecule has 2 rings (SSSR count). The van der Waals surface area contributed by atoms with Gasteiger partial charge < -0.3 is 10.2 Å². The van der Waals surface area contributed by atoms with Gasteiger partial charge in [-0.25, -0.2) is 8.42 Å². The number of halogens is 3. The Labute approximate surface area is 231 Å². The monoisotopic (exact) mass is 653 g/mol. The number of hydrogen-bond donors (Lipinski definition) is 1. The van der Waals surface area contributed by atoms with E-state index in [-0.39, 0.29) is 18.5 Å². The highest BCUT2D eigenvalue weighted by Gasteiger charge is 2.32. The molecule has 2 atom stereocenters. The van der Waals surface area contributed by atoms with Gasteiger partial charge in [-0.3, -0.25) is 13.9 Å². The third-order valence-corrected chi connectivity index (χ3v) is 8.12. The lowest BCUT2D eigenvalue weighted by molar-refractivity contribution is -0.140. The van der Waals surface area contributed by atoms with Crippen LogP contribution in [0.2, 0.25) is 10.0 Å². The summed E-state index contributed by atoms with van der Waals surface area (Å²) in [5, 5.41) is 3.63. The number of carbonyl (C=O) groups is 2. The van der Waals surface area contributed by atoms with E-state index in [9.17, 15) is 18.0 Å². The molecule has 2 aromatic carbocycles. The van der Waals surface area contributed by atoms with E-state index in [1.807, 2.05) is 20.8 Å². The van der Waals surface area contributed by atoms with Crippen LogP contribution in [0.1, 0.15) is 39.2 Å². The smallest absolute Gasteiger partial charge is 0.244 e. The first kappa shape index (κ1) is 29.7. The van der Waals surface area contributed by atoms with E-state index in [4.69, 9.17) is 23.2 Å². The fraction of sp³-hybridized carbons (Fsp3) is 0.417. The predicted octanol–water partition coefficient (Wildman–Crippen LogP) is 5.09. The Morgan fingerprint density at radius 1 is 1.03 bits per heavy atom. The van der Waals surface area contributed by atoms with Crippen LogP contribution in [0.15, 0.2) is 42.5 Å². The van der Waals surface area contributed by atoms with E-state index in [0.29, 0.717) is 27.7 Å². The Balaban J connectivity index is 2.45. The Bertz CT molecular complexity index is 1150. The SMILES string of the molecule is CC[C@H](C)NC(=O)[C@H](CC)N(Cc1ccc(Cl)c(Cl)c1)C(=O)CN(c1ccc(I)cc1)S(C)(=O)=O. The molecule has 2 amide bonds. The van der Waals surface area contributed by atoms with Gasteiger partial charge in [0.1, 0.15) is 12.6 Å². The largest absolute Gasteiger partial charge is 0.352 e. The molecule has 11 heteroatoms. The van der Waals surface area contributed by atoms with Crippen LogP contribution in [0.5, 0.6) is 0 Å². The summed E-state index contributed by atoms with van der Waals surface area (Å²) in [6, 6.07) is 10.9. The van der Waals surface area contributed by atoms with E-state index in [2.05, 4.69) is 27.9 Å². The molecule has 0 aliphatic heterocycles. The first-order valence-corrected chi connectivity index (χ1v) is 14.8. The van der Waals surface area contributed by atoms with Gasteiger partial charge in [0.05, 0.1) is 22.0 Å². The van der Waals surface area contributed by atoms with Crippen molar-refractivity contribution in [3.05, 3.63) is 61.6 Å². The van der Waals surface area contributed by atoms with Gasteiger partial charge in [0, 0.05) is 16.2 Å². The van der Waals surface area contributed by atoms with E-state index in [1.165, 1.54) is 4.90 Å². The Hall–Kier alpha value is -1.56. The molecule has 0 saturated heterocycles. The van der Waals surface area contributed by atoms with Gasteiger partial charge in [0.2, 0.25) is 21.8 Å². The molecule has 0 spiro atoms. The summed E-state index contributed by atoms with van der Waals surface area (Å²) < 4.78 is 27.2. The fourth-order valence-electron chi connectivity index (χ4n) is 3.42. The van der Waals surface area contributed by atoms with Crippen LogP contribution in [0.4, 0.5) is 5.69 Å². The number of hydrogen-bond acceptors (Lipinski definition) is 4. The molecule has 0 aromatic heterocycles. The molecule has 1 N–H and O–H groups in total. The lowest BCUT2D eigenvalue weighted by Gasteiger charge is -2.33. The molecule has 0 saturated carbocycles. The van der Waals surface area contributed by atoms with Crippen LogP contribution in [-0.4, -0.2) is 50.0 Å². The van der Waals surface area contributed by atoms with Crippen molar-refractivity contribution < 1.29 is 18.0 Å². The van der Waals surface area contributed by atoms with Gasteiger partial charge in [0.15, 0.2) is 0 Å². The average molecular weight is 654 g/mol. The molecule has 192 valence electrons. The lowest BCUT2D eigenvalue weighted by Crippen LogP contribution is -2.53. The number of nitrogens with zero attached hydrogens (tertiary/aromatic N) is 2. The summed E-state index contributed by atoms with van der Waals surface area (Å²) in [7, 11) is -3.78. The number of amides is 2. The zero-order valence-corrected chi connectivity index (χ0v) is 24.6. The molecular formula is C24H30Cl2IN3O4S. The molecule has 0 aliphatic carbocycles. The van der Waals surface area contributed by atoms with Crippen LogP contribution in [0.25, 0.3) is 0 Å². The first-order chi connectivity index (χ1) is 16.4. The van der Waals surface area contributed by atoms with E-state index in [0.717, 1.165) is 20.6 Å². The van der Waals surface area contributed by atoms with E-state index >= 15 is 0 Å². The number of sulfonamides is 1. The van der Waals surface area contributed by atoms with Crippen molar-refractivity contribution >= 4 is 73.3 Å². The summed E-state index contributed by atoms with van der Waals surface area (Å²) in [6.45, 7) is 5.26. The van der Waals surface area contributed by atoms with Crippen LogP contribution in [0.3, 0.4) is 0 Å². The quantitative estimate of drug-likeness (QED) is 0.343. The number of carbonyl (C=O) groups excluding carboxylic acids is 2. The molecule has 0 bridgehead atoms. The van der Waals surface area contributed by atoms with Crippen LogP contribution in [0, 0.1) is 3.57 Å². The Morgan fingerprint density at radius 3 is 2.17 bits per heavy atom. The minimum atomic E-state index is -3.78. The zero-order chi connectivity index (χ0) is 26.3. The summed E-state index contributed by atoms with van der Waals surface area (Å²) in [6.07, 6.45) is 2.13. The van der Waals surface area contributed by atoms with Gasteiger partial charge in [0.25, 0.3) is 0 Å². The third kappa shape index (κ3) is 8.51. The summed E-state index contributed by atoms with van der Waals surface area (Å²) in [5.41, 5.74) is 1.04. The molecular weight excluding hydrogens is 624 g/mol. The molecule has 35 heavy (non-hydrogen) atoms. The number of benzene rings is 2. The highest BCUT2D eigenvalue weighted by Crippen LogP contribution is 2.25. The lowest BCUT2D eigenvalue weighted by atomic mass is 10.1. The van der Waals surface area contributed by atoms with Crippen molar-refractivity contribution in [2.45, 2.75) is 52.2 Å². The van der Waals surface area contributed by atoms with Gasteiger partial charge in [-0.2, -0.15) is 0 Å². The summed E-state index contributed by atoms with van der Waals surface area (Å²) >= 11 is 14.3. The van der Waals surface area contributed by atoms with Gasteiger partial charge >= 0.3 is 0 Å². The highest BCUT2D eigenvalue weighted by atomic mass is 127. The second-order valence-corrected chi connectivity index (χ2v) is 12.2. The topological polar surface area (TPSA) is 86.8 Å². The minimum absolute atomic E-state index is 0.0619. The predicted molar refractivity (Wildman–Crippen MR) is 150 cm³/mol. The molecule has 0 heterocycles. The second-order valence-electron chi connectivity index (χ2n) is 8.26. The van der Waals surface area contributed by atoms with Crippen LogP contribution < -0.4 is 9.62 Å². The minimum Gasteiger partial charge on any atom is -0.352 e. The molecule has 0 radical (unpaired) electrons. The number of nitrogens with one attached hydrogen (secondary N) is 1. The van der Waals surface area contributed by atoms with E-state index < -0.39 is 28.5 Å². The molecule has 7 nitrogen and oxygen atoms in total. The number of rotatable bonds is 11. The molecule has 0 unspecified atom stereocenters. The maximum Gasteiger partial charge on any atom is 0.244 e. The van der Waals surface area contributed by atoms with Crippen molar-refractivity contribution in [2.24, 2.45) is 0 Å². The van der Waals surface area contributed by atoms with Crippen molar-refractivity contribution in [3.8, 4) is 0 Å². The Morgan fingerprint density at radius 2 is 1.66 bits per heavy atom. The first-order valence-electron chi connectivity index (χ1n) is 11.1. The summed E-state index contributed by atoms with van der Waals surface area (Å²) in [4.78, 5) is 28.1. The van der Waals surface area contributed by atoms with Crippen molar-refractivity contribution in [1.82, 2.24) is 10.2 Å². The van der Waals surface area contributed by atoms with Crippen molar-refractivity contribution in [3.63, 3.8) is 0 Å². The zero-order valence-electron chi connectivity index (χ0n) is 20.1. The molecule has 2 aromatic rings. The molecule has 0 aliphatic rings. The van der Waals surface area contributed by atoms with Crippen molar-refractivity contribution in [1.29, 1.82) is 0 Å². The van der Waals surface area contributed by atoms with Gasteiger partial charge in [-0.15, -0.1) is 0 Å². The van der Waals surface area contributed by atoms with Crippen molar-refractivity contribution in [2.75, 3.05) is 17.1 Å². The van der Waals surface area contributed by atoms with Gasteiger partial charge in [-0.1, -0.05) is 43.1 Å². The normalized spacial score (nSPS) is 13.1. The molecule has 0 fully saturated rings. The maximum atomic E-state index is 13.6. The van der Waals surface area contributed by atoms with Crippen LogP contribution in [-0.2, 0) is 26.2 Å². The second kappa shape index (κ2) is 13.1. The summed E-state index contributed by atoms with van der Waals surface area (Å²) in [5.74, 6) is -0.804. The standard InChI is InChI=1S/C24H30Cl2IN3O4S/c1-5-16(3)28-24(32)22(6-2)29(14-17-7-12-20(25)21(26)13-17)23(31)15-30(35(4,33)34)19-10-8-18(27)9-11-19/h7-13,16,22H,5-6,14-15H2,1-4H3,(H,28,32)/t16-,22-/m0/s1. The Kier molecular flexibility index (Phi) is 11.1. The average Bonchev–Trinajstić information content (AvgIpc) is 2.79. The van der Waals surface area contributed by atoms with Gasteiger partial charge in [-0.05, 0) is 84.3 Å². The fourth-order valence-corrected chi connectivity index (χ4v) is 4.95. The third-order valence-electron chi connectivity index (χ3n) is 5.52. The maximum absolute atomic E-state index is 13.6. The number of anilines is 1. The van der Waals surface area contributed by atoms with E-state index in [1.54, 1.807) is 42.5 Å². The highest BCUT2D eigenvalue weighted by molar-refractivity contribution is 14.1.